The molecule has 2 aromatic carbocycles. The van der Waals surface area contributed by atoms with Crippen molar-refractivity contribution in [1.29, 1.82) is 0 Å². The lowest BCUT2D eigenvalue weighted by atomic mass is 10.2. The predicted molar refractivity (Wildman–Crippen MR) is 110 cm³/mol. The van der Waals surface area contributed by atoms with E-state index in [1.54, 1.807) is 26.0 Å². The molecular weight excluding hydrogens is 428 g/mol. The second-order valence-electron chi connectivity index (χ2n) is 6.66. The Hall–Kier alpha value is -4.02. The molecule has 4 amide bonds. The number of nitrogens with one attached hydrogen (secondary N) is 3. The number of benzene rings is 2. The number of halogens is 2. The van der Waals surface area contributed by atoms with Gasteiger partial charge in [0.05, 0.1) is 11.3 Å². The molecule has 11 heteroatoms. The number of esters is 1. The minimum Gasteiger partial charge on any atom is -0.452 e. The molecule has 0 atom stereocenters. The Kier molecular flexibility index (Phi) is 8.63. The summed E-state index contributed by atoms with van der Waals surface area (Å²) in [5.74, 6) is -2.76. The molecular formula is C21H21F2N3O6. The van der Waals surface area contributed by atoms with Gasteiger partial charge in [-0.1, -0.05) is 12.1 Å². The fourth-order valence-corrected chi connectivity index (χ4v) is 2.42. The molecule has 2 aromatic rings. The quantitative estimate of drug-likeness (QED) is 0.533. The molecule has 170 valence electrons. The summed E-state index contributed by atoms with van der Waals surface area (Å²) in [6, 6.07) is 10.1. The first kappa shape index (κ1) is 24.3. The third-order valence-corrected chi connectivity index (χ3v) is 3.74. The molecule has 32 heavy (non-hydrogen) atoms. The summed E-state index contributed by atoms with van der Waals surface area (Å²) >= 11 is 0. The summed E-state index contributed by atoms with van der Waals surface area (Å²) in [6.45, 7) is -0.226. The van der Waals surface area contributed by atoms with Crippen LogP contribution in [-0.2, 0) is 9.53 Å². The number of carbonyl (C=O) groups is 4. The number of urea groups is 1. The van der Waals surface area contributed by atoms with Crippen LogP contribution in [0.3, 0.4) is 0 Å². The largest absolute Gasteiger partial charge is 0.452 e. The summed E-state index contributed by atoms with van der Waals surface area (Å²) in [4.78, 5) is 48.2. The Morgan fingerprint density at radius 2 is 1.62 bits per heavy atom. The van der Waals surface area contributed by atoms with Gasteiger partial charge in [-0.05, 0) is 50.2 Å². The fraction of sp³-hybridized carbons (Fsp3) is 0.238. The van der Waals surface area contributed by atoms with Gasteiger partial charge in [0.1, 0.15) is 5.75 Å². The second-order valence-corrected chi connectivity index (χ2v) is 6.66. The van der Waals surface area contributed by atoms with Gasteiger partial charge in [-0.15, -0.1) is 0 Å². The standard InChI is InChI=1S/C21H21F2N3O6/c1-12(2)24-21(30)25-16-6-4-3-5-15(16)19(29)31-11-17(27)26-18(28)13-7-9-14(10-8-13)32-20(22)23/h3-10,12,20H,11H2,1-2H3,(H2,24,25,30)(H,26,27,28). The van der Waals surface area contributed by atoms with Crippen molar-refractivity contribution in [3.8, 4) is 5.75 Å². The Labute approximate surface area is 182 Å². The maximum absolute atomic E-state index is 12.3. The first-order chi connectivity index (χ1) is 15.2. The van der Waals surface area contributed by atoms with E-state index in [4.69, 9.17) is 4.74 Å². The number of carbonyl (C=O) groups excluding carboxylic acids is 4. The Bertz CT molecular complexity index is 980. The van der Waals surface area contributed by atoms with Crippen LogP contribution in [0.15, 0.2) is 48.5 Å². The van der Waals surface area contributed by atoms with Crippen molar-refractivity contribution < 1.29 is 37.4 Å². The van der Waals surface area contributed by atoms with Crippen molar-refractivity contribution in [3.05, 3.63) is 59.7 Å². The van der Waals surface area contributed by atoms with E-state index in [2.05, 4.69) is 15.4 Å². The van der Waals surface area contributed by atoms with Gasteiger partial charge >= 0.3 is 18.6 Å². The van der Waals surface area contributed by atoms with Crippen molar-refractivity contribution in [2.24, 2.45) is 0 Å². The van der Waals surface area contributed by atoms with Crippen LogP contribution in [0.2, 0.25) is 0 Å². The van der Waals surface area contributed by atoms with Gasteiger partial charge in [0.2, 0.25) is 0 Å². The molecule has 0 fully saturated rings. The van der Waals surface area contributed by atoms with Crippen molar-refractivity contribution in [2.45, 2.75) is 26.5 Å². The molecule has 0 aromatic heterocycles. The number of amides is 4. The molecule has 0 spiro atoms. The van der Waals surface area contributed by atoms with E-state index >= 15 is 0 Å². The van der Waals surface area contributed by atoms with E-state index in [-0.39, 0.29) is 28.6 Å². The number of anilines is 1. The Morgan fingerprint density at radius 1 is 0.969 bits per heavy atom. The normalized spacial score (nSPS) is 10.4. The topological polar surface area (TPSA) is 123 Å². The van der Waals surface area contributed by atoms with Crippen LogP contribution >= 0.6 is 0 Å². The Balaban J connectivity index is 1.91. The third kappa shape index (κ3) is 7.67. The van der Waals surface area contributed by atoms with E-state index in [0.717, 1.165) is 12.1 Å². The molecule has 0 bridgehead atoms. The zero-order chi connectivity index (χ0) is 23.7. The summed E-state index contributed by atoms with van der Waals surface area (Å²) in [5.41, 5.74) is 0.204. The molecule has 0 aliphatic heterocycles. The third-order valence-electron chi connectivity index (χ3n) is 3.74. The van der Waals surface area contributed by atoms with Gasteiger partial charge in [0.15, 0.2) is 6.61 Å². The van der Waals surface area contributed by atoms with Crippen molar-refractivity contribution in [2.75, 3.05) is 11.9 Å². The molecule has 0 aliphatic carbocycles. The monoisotopic (exact) mass is 449 g/mol. The molecule has 0 saturated carbocycles. The van der Waals surface area contributed by atoms with Crippen LogP contribution in [0, 0.1) is 0 Å². The van der Waals surface area contributed by atoms with Gasteiger partial charge in [0.25, 0.3) is 11.8 Å². The summed E-state index contributed by atoms with van der Waals surface area (Å²) in [6.07, 6.45) is 0. The minimum atomic E-state index is -3.00. The van der Waals surface area contributed by atoms with Gasteiger partial charge in [-0.3, -0.25) is 14.9 Å². The number of hydrogen-bond acceptors (Lipinski definition) is 6. The Morgan fingerprint density at radius 3 is 2.25 bits per heavy atom. The number of imide groups is 1. The first-order valence-corrected chi connectivity index (χ1v) is 9.38. The molecule has 0 radical (unpaired) electrons. The minimum absolute atomic E-state index is 0.0111. The highest BCUT2D eigenvalue weighted by Crippen LogP contribution is 2.17. The maximum atomic E-state index is 12.3. The van der Waals surface area contributed by atoms with Crippen LogP contribution in [-0.4, -0.2) is 43.1 Å². The predicted octanol–water partition coefficient (Wildman–Crippen LogP) is 2.93. The number of ether oxygens (including phenoxy) is 2. The average Bonchev–Trinajstić information content (AvgIpc) is 2.71. The van der Waals surface area contributed by atoms with Gasteiger partial charge in [-0.2, -0.15) is 8.78 Å². The van der Waals surface area contributed by atoms with Crippen LogP contribution in [0.1, 0.15) is 34.6 Å². The molecule has 0 unspecified atom stereocenters. The number of alkyl halides is 2. The summed E-state index contributed by atoms with van der Waals surface area (Å²) in [7, 11) is 0. The average molecular weight is 449 g/mol. The lowest BCUT2D eigenvalue weighted by Gasteiger charge is -2.13. The highest BCUT2D eigenvalue weighted by atomic mass is 19.3. The zero-order valence-corrected chi connectivity index (χ0v) is 17.2. The van der Waals surface area contributed by atoms with Crippen molar-refractivity contribution in [1.82, 2.24) is 10.6 Å². The van der Waals surface area contributed by atoms with Crippen LogP contribution in [0.25, 0.3) is 0 Å². The van der Waals surface area contributed by atoms with E-state index < -0.39 is 37.0 Å². The van der Waals surface area contributed by atoms with Gasteiger partial charge < -0.3 is 20.1 Å². The summed E-state index contributed by atoms with van der Waals surface area (Å²) < 4.78 is 33.4. The van der Waals surface area contributed by atoms with Gasteiger partial charge in [-0.25, -0.2) is 9.59 Å². The molecule has 9 nitrogen and oxygen atoms in total. The maximum Gasteiger partial charge on any atom is 0.387 e. The van der Waals surface area contributed by atoms with Crippen LogP contribution in [0.5, 0.6) is 5.75 Å². The van der Waals surface area contributed by atoms with Crippen molar-refractivity contribution in [3.63, 3.8) is 0 Å². The fourth-order valence-electron chi connectivity index (χ4n) is 2.42. The van der Waals surface area contributed by atoms with Crippen molar-refractivity contribution >= 4 is 29.5 Å². The first-order valence-electron chi connectivity index (χ1n) is 9.38. The second kappa shape index (κ2) is 11.4. The molecule has 0 aliphatic rings. The summed E-state index contributed by atoms with van der Waals surface area (Å²) in [5, 5.41) is 7.13. The SMILES string of the molecule is CC(C)NC(=O)Nc1ccccc1C(=O)OCC(=O)NC(=O)c1ccc(OC(F)F)cc1. The van der Waals surface area contributed by atoms with Crippen LogP contribution < -0.4 is 20.7 Å². The van der Waals surface area contributed by atoms with E-state index in [1.165, 1.54) is 24.3 Å². The molecule has 0 saturated heterocycles. The van der Waals surface area contributed by atoms with Gasteiger partial charge in [0, 0.05) is 11.6 Å². The molecule has 2 rings (SSSR count). The number of rotatable bonds is 8. The lowest BCUT2D eigenvalue weighted by molar-refractivity contribution is -0.123. The highest BCUT2D eigenvalue weighted by molar-refractivity contribution is 6.06. The molecule has 0 heterocycles. The van der Waals surface area contributed by atoms with E-state index in [9.17, 15) is 28.0 Å². The zero-order valence-electron chi connectivity index (χ0n) is 17.2. The smallest absolute Gasteiger partial charge is 0.387 e. The van der Waals surface area contributed by atoms with Crippen LogP contribution in [0.4, 0.5) is 19.3 Å². The highest BCUT2D eigenvalue weighted by Gasteiger charge is 2.17. The number of hydrogen-bond donors (Lipinski definition) is 3. The lowest BCUT2D eigenvalue weighted by Crippen LogP contribution is -2.35. The molecule has 3 N–H and O–H groups in total. The van der Waals surface area contributed by atoms with E-state index in [1.807, 2.05) is 5.32 Å². The number of para-hydroxylation sites is 1. The van der Waals surface area contributed by atoms with E-state index in [0.29, 0.717) is 0 Å².